The molecule has 0 spiro atoms. The second-order valence-electron chi connectivity index (χ2n) is 5.04. The van der Waals surface area contributed by atoms with Gasteiger partial charge in [-0.1, -0.05) is 54.0 Å². The molecule has 24 heavy (non-hydrogen) atoms. The number of benzene rings is 1. The Kier molecular flexibility index (Phi) is 6.65. The number of hydrogen-bond acceptors (Lipinski definition) is 6. The summed E-state index contributed by atoms with van der Waals surface area (Å²) in [6.45, 7) is 4.28. The van der Waals surface area contributed by atoms with Crippen molar-refractivity contribution in [2.75, 3.05) is 11.1 Å². The van der Waals surface area contributed by atoms with Crippen LogP contribution in [0, 0.1) is 17.0 Å². The molecule has 2 rings (SSSR count). The molecule has 0 saturated carbocycles. The molecule has 1 aromatic heterocycles. The van der Waals surface area contributed by atoms with Gasteiger partial charge in [0, 0.05) is 17.3 Å². The Morgan fingerprint density at radius 2 is 2.08 bits per heavy atom. The fraction of sp³-hybridized carbons (Fsp3) is 0.333. The number of rotatable bonds is 7. The molecule has 128 valence electrons. The van der Waals surface area contributed by atoms with E-state index in [1.54, 1.807) is 0 Å². The van der Waals surface area contributed by atoms with Gasteiger partial charge in [0.2, 0.25) is 11.0 Å². The number of nitro groups is 1. The summed E-state index contributed by atoms with van der Waals surface area (Å²) in [6.07, 6.45) is 0.938. The zero-order chi connectivity index (χ0) is 17.7. The summed E-state index contributed by atoms with van der Waals surface area (Å²) in [5.74, 6) is 0.913. The molecule has 1 N–H and O–H groups in total. The molecule has 0 aliphatic heterocycles. The Balaban J connectivity index is 2.27. The minimum atomic E-state index is -0.582. The van der Waals surface area contributed by atoms with Crippen molar-refractivity contribution in [3.8, 4) is 0 Å². The summed E-state index contributed by atoms with van der Waals surface area (Å²) in [7, 11) is 0. The lowest BCUT2D eigenvalue weighted by molar-refractivity contribution is -0.384. The van der Waals surface area contributed by atoms with Gasteiger partial charge in [0.1, 0.15) is 0 Å². The van der Waals surface area contributed by atoms with Crippen LogP contribution in [0.2, 0.25) is 10.2 Å². The van der Waals surface area contributed by atoms with Gasteiger partial charge in [-0.2, -0.15) is 4.98 Å². The van der Waals surface area contributed by atoms with Crippen LogP contribution in [-0.2, 0) is 6.54 Å². The molecule has 0 radical (unpaired) electrons. The summed E-state index contributed by atoms with van der Waals surface area (Å²) >= 11 is 13.5. The Labute approximate surface area is 154 Å². The third kappa shape index (κ3) is 4.72. The third-order valence-electron chi connectivity index (χ3n) is 3.14. The van der Waals surface area contributed by atoms with E-state index in [0.717, 1.165) is 23.3 Å². The lowest BCUT2D eigenvalue weighted by Crippen LogP contribution is -2.07. The maximum absolute atomic E-state index is 11.3. The normalized spacial score (nSPS) is 10.7. The molecular weight excluding hydrogens is 371 g/mol. The summed E-state index contributed by atoms with van der Waals surface area (Å²) in [6, 6.07) is 5.60. The number of hydrogen-bond donors (Lipinski definition) is 1. The van der Waals surface area contributed by atoms with Gasteiger partial charge in [-0.05, 0) is 30.5 Å². The predicted molar refractivity (Wildman–Crippen MR) is 98.2 cm³/mol. The average Bonchev–Trinajstić information content (AvgIpc) is 2.53. The van der Waals surface area contributed by atoms with Gasteiger partial charge in [-0.15, -0.1) is 0 Å². The molecule has 1 heterocycles. The molecule has 1 aromatic carbocycles. The third-order valence-corrected chi connectivity index (χ3v) is 4.86. The van der Waals surface area contributed by atoms with Crippen molar-refractivity contribution in [3.05, 3.63) is 49.6 Å². The van der Waals surface area contributed by atoms with Crippen LogP contribution in [0.1, 0.15) is 24.5 Å². The maximum Gasteiger partial charge on any atom is 0.348 e. The van der Waals surface area contributed by atoms with Crippen LogP contribution in [0.4, 0.5) is 11.5 Å². The first-order valence-corrected chi connectivity index (χ1v) is 9.00. The number of thioether (sulfide) groups is 1. The largest absolute Gasteiger partial charge is 0.360 e. The van der Waals surface area contributed by atoms with E-state index < -0.39 is 4.92 Å². The molecule has 0 aliphatic carbocycles. The highest BCUT2D eigenvalue weighted by Crippen LogP contribution is 2.32. The van der Waals surface area contributed by atoms with Gasteiger partial charge in [-0.25, -0.2) is 4.98 Å². The standard InChI is InChI=1S/C15H16Cl2N4O2S/c1-3-6-24-15-19-13(17)12(21(22)23)14(20-15)18-8-10-5-4-9(2)11(16)7-10/h4-5,7H,3,6,8H2,1-2H3,(H,18,19,20). The van der Waals surface area contributed by atoms with Crippen molar-refractivity contribution >= 4 is 46.5 Å². The highest BCUT2D eigenvalue weighted by atomic mass is 35.5. The number of nitrogens with zero attached hydrogens (tertiary/aromatic N) is 3. The lowest BCUT2D eigenvalue weighted by Gasteiger charge is -2.09. The zero-order valence-corrected chi connectivity index (χ0v) is 15.5. The van der Waals surface area contributed by atoms with Crippen molar-refractivity contribution in [1.82, 2.24) is 9.97 Å². The Hall–Kier alpha value is -1.57. The average molecular weight is 387 g/mol. The number of aromatic nitrogens is 2. The van der Waals surface area contributed by atoms with Crippen LogP contribution in [-0.4, -0.2) is 20.6 Å². The predicted octanol–water partition coefficient (Wildman–Crippen LogP) is 5.11. The molecular formula is C15H16Cl2N4O2S. The smallest absolute Gasteiger partial charge is 0.348 e. The highest BCUT2D eigenvalue weighted by Gasteiger charge is 2.23. The van der Waals surface area contributed by atoms with Gasteiger partial charge >= 0.3 is 5.69 Å². The minimum absolute atomic E-state index is 0.107. The van der Waals surface area contributed by atoms with E-state index in [4.69, 9.17) is 23.2 Å². The quantitative estimate of drug-likeness (QED) is 0.234. The number of halogens is 2. The Bertz CT molecular complexity index is 758. The second kappa shape index (κ2) is 8.50. The van der Waals surface area contributed by atoms with Gasteiger partial charge in [0.25, 0.3) is 0 Å². The van der Waals surface area contributed by atoms with Gasteiger partial charge in [0.15, 0.2) is 5.16 Å². The molecule has 0 amide bonds. The van der Waals surface area contributed by atoms with E-state index in [1.165, 1.54) is 11.8 Å². The molecule has 0 bridgehead atoms. The van der Waals surface area contributed by atoms with Crippen molar-refractivity contribution in [2.45, 2.75) is 32.0 Å². The number of aryl methyl sites for hydroxylation is 1. The first kappa shape index (κ1) is 18.8. The van der Waals surface area contributed by atoms with Crippen molar-refractivity contribution in [2.24, 2.45) is 0 Å². The van der Waals surface area contributed by atoms with Gasteiger partial charge in [0.05, 0.1) is 4.92 Å². The fourth-order valence-electron chi connectivity index (χ4n) is 1.88. The van der Waals surface area contributed by atoms with Crippen LogP contribution in [0.15, 0.2) is 23.4 Å². The number of nitrogens with one attached hydrogen (secondary N) is 1. The Morgan fingerprint density at radius 1 is 1.33 bits per heavy atom. The maximum atomic E-state index is 11.3. The highest BCUT2D eigenvalue weighted by molar-refractivity contribution is 7.99. The van der Waals surface area contributed by atoms with Gasteiger partial charge < -0.3 is 5.32 Å². The molecule has 6 nitrogen and oxygen atoms in total. The lowest BCUT2D eigenvalue weighted by atomic mass is 10.1. The fourth-order valence-corrected chi connectivity index (χ4v) is 3.07. The minimum Gasteiger partial charge on any atom is -0.360 e. The molecule has 0 saturated heterocycles. The van der Waals surface area contributed by atoms with Crippen LogP contribution in [0.5, 0.6) is 0 Å². The summed E-state index contributed by atoms with van der Waals surface area (Å²) in [5.41, 5.74) is 1.53. The summed E-state index contributed by atoms with van der Waals surface area (Å²) in [4.78, 5) is 18.9. The van der Waals surface area contributed by atoms with Crippen molar-refractivity contribution in [1.29, 1.82) is 0 Å². The SMILES string of the molecule is CCCSc1nc(Cl)c([N+](=O)[O-])c(NCc2ccc(C)c(Cl)c2)n1. The molecule has 0 aliphatic rings. The Morgan fingerprint density at radius 3 is 2.71 bits per heavy atom. The van der Waals surface area contributed by atoms with Crippen molar-refractivity contribution in [3.63, 3.8) is 0 Å². The van der Waals surface area contributed by atoms with E-state index in [2.05, 4.69) is 15.3 Å². The topological polar surface area (TPSA) is 81.0 Å². The molecule has 0 fully saturated rings. The first-order chi connectivity index (χ1) is 11.4. The molecule has 9 heteroatoms. The van der Waals surface area contributed by atoms with Crippen LogP contribution >= 0.6 is 35.0 Å². The zero-order valence-electron chi connectivity index (χ0n) is 13.2. The summed E-state index contributed by atoms with van der Waals surface area (Å²) < 4.78 is 0. The first-order valence-electron chi connectivity index (χ1n) is 7.26. The van der Waals surface area contributed by atoms with Crippen molar-refractivity contribution < 1.29 is 4.92 Å². The summed E-state index contributed by atoms with van der Waals surface area (Å²) in [5, 5.41) is 15.1. The van der Waals surface area contributed by atoms with E-state index >= 15 is 0 Å². The number of anilines is 1. The molecule has 0 atom stereocenters. The molecule has 0 unspecified atom stereocenters. The van der Waals surface area contributed by atoms with Crippen LogP contribution < -0.4 is 5.32 Å². The van der Waals surface area contributed by atoms with E-state index in [-0.39, 0.29) is 16.7 Å². The van der Waals surface area contributed by atoms with Crippen LogP contribution in [0.25, 0.3) is 0 Å². The molecule has 2 aromatic rings. The van der Waals surface area contributed by atoms with E-state index in [9.17, 15) is 10.1 Å². The van der Waals surface area contributed by atoms with Crippen LogP contribution in [0.3, 0.4) is 0 Å². The monoisotopic (exact) mass is 386 g/mol. The van der Waals surface area contributed by atoms with E-state index in [0.29, 0.717) is 16.7 Å². The van der Waals surface area contributed by atoms with Gasteiger partial charge in [-0.3, -0.25) is 10.1 Å². The second-order valence-corrected chi connectivity index (χ2v) is 6.86. The van der Waals surface area contributed by atoms with E-state index in [1.807, 2.05) is 32.0 Å².